The number of urea groups is 1. The number of carboxylic acid groups (broad SMARTS) is 1. The van der Waals surface area contributed by atoms with Gasteiger partial charge in [-0.1, -0.05) is 12.1 Å². The minimum Gasteiger partial charge on any atom is -0.481 e. The normalized spacial score (nSPS) is 18.2. The monoisotopic (exact) mass is 457 g/mol. The summed E-state index contributed by atoms with van der Waals surface area (Å²) in [6.07, 6.45) is 4.84. The number of benzene rings is 2. The topological polar surface area (TPSA) is 91.3 Å². The van der Waals surface area contributed by atoms with Crippen LogP contribution in [0.1, 0.15) is 36.6 Å². The minimum absolute atomic E-state index is 0.0196. The highest BCUT2D eigenvalue weighted by Crippen LogP contribution is 2.39. The van der Waals surface area contributed by atoms with Crippen molar-refractivity contribution < 1.29 is 23.5 Å². The summed E-state index contributed by atoms with van der Waals surface area (Å²) >= 11 is 1.60. The van der Waals surface area contributed by atoms with Gasteiger partial charge >= 0.3 is 12.0 Å². The van der Waals surface area contributed by atoms with E-state index < -0.39 is 23.6 Å². The Morgan fingerprint density at radius 2 is 1.56 bits per heavy atom. The SMILES string of the molecule is O=C(Nc1ccc(-c2cnc(C3CCC(C(=O)O)CC3)s2)cc1)Nc1cc(F)cc(F)c1. The molecule has 0 saturated heterocycles. The Kier molecular flexibility index (Phi) is 6.45. The Morgan fingerprint density at radius 1 is 0.938 bits per heavy atom. The number of carbonyl (C=O) groups is 2. The van der Waals surface area contributed by atoms with Crippen molar-refractivity contribution in [3.63, 3.8) is 0 Å². The maximum Gasteiger partial charge on any atom is 0.323 e. The number of carbonyl (C=O) groups excluding carboxylic acids is 1. The van der Waals surface area contributed by atoms with Crippen molar-refractivity contribution in [3.8, 4) is 10.4 Å². The lowest BCUT2D eigenvalue weighted by atomic mass is 9.82. The number of hydrogen-bond donors (Lipinski definition) is 3. The summed E-state index contributed by atoms with van der Waals surface area (Å²) in [5.74, 6) is -2.22. The molecule has 2 aromatic carbocycles. The summed E-state index contributed by atoms with van der Waals surface area (Å²) in [4.78, 5) is 28.8. The summed E-state index contributed by atoms with van der Waals surface area (Å²) in [5.41, 5.74) is 1.50. The number of carboxylic acids is 1. The van der Waals surface area contributed by atoms with Gasteiger partial charge in [0.25, 0.3) is 0 Å². The van der Waals surface area contributed by atoms with Crippen LogP contribution in [-0.4, -0.2) is 22.1 Å². The quantitative estimate of drug-likeness (QED) is 0.432. The fourth-order valence-corrected chi connectivity index (χ4v) is 4.93. The van der Waals surface area contributed by atoms with Crippen molar-refractivity contribution in [2.45, 2.75) is 31.6 Å². The van der Waals surface area contributed by atoms with Gasteiger partial charge in [-0.05, 0) is 55.5 Å². The second kappa shape index (κ2) is 9.44. The van der Waals surface area contributed by atoms with Gasteiger partial charge in [0.05, 0.1) is 15.8 Å². The fourth-order valence-electron chi connectivity index (χ4n) is 3.83. The third-order valence-electron chi connectivity index (χ3n) is 5.50. The number of aromatic nitrogens is 1. The molecule has 1 saturated carbocycles. The molecule has 0 spiro atoms. The smallest absolute Gasteiger partial charge is 0.323 e. The number of anilines is 2. The molecule has 9 heteroatoms. The number of rotatable bonds is 5. The molecule has 1 heterocycles. The van der Waals surface area contributed by atoms with Crippen LogP contribution in [0.3, 0.4) is 0 Å². The van der Waals surface area contributed by atoms with Crippen LogP contribution in [0, 0.1) is 17.6 Å². The molecule has 4 rings (SSSR count). The van der Waals surface area contributed by atoms with Gasteiger partial charge < -0.3 is 15.7 Å². The molecule has 0 bridgehead atoms. The van der Waals surface area contributed by atoms with Crippen LogP contribution < -0.4 is 10.6 Å². The van der Waals surface area contributed by atoms with Gasteiger partial charge in [0.15, 0.2) is 0 Å². The third-order valence-corrected chi connectivity index (χ3v) is 6.71. The van der Waals surface area contributed by atoms with Gasteiger partial charge in [-0.3, -0.25) is 4.79 Å². The van der Waals surface area contributed by atoms with Crippen molar-refractivity contribution in [2.75, 3.05) is 10.6 Å². The summed E-state index contributed by atoms with van der Waals surface area (Å²) in [6, 6.07) is 9.36. The molecule has 3 aromatic rings. The molecular formula is C23H21F2N3O3S. The zero-order valence-corrected chi connectivity index (χ0v) is 17.8. The number of nitrogens with zero attached hydrogens (tertiary/aromatic N) is 1. The average Bonchev–Trinajstić information content (AvgIpc) is 3.24. The molecular weight excluding hydrogens is 436 g/mol. The number of halogens is 2. The summed E-state index contributed by atoms with van der Waals surface area (Å²) in [6.45, 7) is 0. The van der Waals surface area contributed by atoms with E-state index in [0.717, 1.165) is 46.5 Å². The van der Waals surface area contributed by atoms with Gasteiger partial charge in [0.2, 0.25) is 0 Å². The fraction of sp³-hybridized carbons (Fsp3) is 0.261. The molecule has 0 aliphatic heterocycles. The lowest BCUT2D eigenvalue weighted by Gasteiger charge is -2.24. The number of aliphatic carboxylic acids is 1. The third kappa shape index (κ3) is 5.28. The number of amides is 2. The standard InChI is InChI=1S/C23H21F2N3O3S/c24-16-9-17(25)11-19(10-16)28-23(31)27-18-7-5-13(6-8-18)20-12-26-21(32-20)14-1-3-15(4-2-14)22(29)30/h5-12,14-15H,1-4H2,(H,29,30)(H2,27,28,31). The Bertz CT molecular complexity index is 1110. The van der Waals surface area contributed by atoms with E-state index in [1.807, 2.05) is 18.3 Å². The predicted octanol–water partition coefficient (Wildman–Crippen LogP) is 6.09. The highest BCUT2D eigenvalue weighted by molar-refractivity contribution is 7.15. The summed E-state index contributed by atoms with van der Waals surface area (Å²) < 4.78 is 26.5. The van der Waals surface area contributed by atoms with Crippen LogP contribution in [-0.2, 0) is 4.79 Å². The highest BCUT2D eigenvalue weighted by atomic mass is 32.1. The highest BCUT2D eigenvalue weighted by Gasteiger charge is 2.28. The van der Waals surface area contributed by atoms with E-state index in [4.69, 9.17) is 5.11 Å². The van der Waals surface area contributed by atoms with Crippen LogP contribution in [0.4, 0.5) is 25.0 Å². The Hall–Kier alpha value is -3.33. The molecule has 1 aliphatic rings. The van der Waals surface area contributed by atoms with E-state index in [1.54, 1.807) is 23.5 Å². The lowest BCUT2D eigenvalue weighted by Crippen LogP contribution is -2.20. The molecule has 1 aromatic heterocycles. The minimum atomic E-state index is -0.775. The number of hydrogen-bond acceptors (Lipinski definition) is 4. The van der Waals surface area contributed by atoms with E-state index in [2.05, 4.69) is 15.6 Å². The van der Waals surface area contributed by atoms with Gasteiger partial charge in [-0.2, -0.15) is 0 Å². The maximum atomic E-state index is 13.2. The van der Waals surface area contributed by atoms with Crippen molar-refractivity contribution >= 4 is 34.7 Å². The van der Waals surface area contributed by atoms with Gasteiger partial charge in [-0.15, -0.1) is 11.3 Å². The van der Waals surface area contributed by atoms with E-state index in [1.165, 1.54) is 0 Å². The first-order valence-corrected chi connectivity index (χ1v) is 11.0. The van der Waals surface area contributed by atoms with Crippen molar-refractivity contribution in [3.05, 3.63) is 65.3 Å². The maximum absolute atomic E-state index is 13.2. The predicted molar refractivity (Wildman–Crippen MR) is 119 cm³/mol. The first-order valence-electron chi connectivity index (χ1n) is 10.2. The molecule has 1 fully saturated rings. The summed E-state index contributed by atoms with van der Waals surface area (Å²) in [5, 5.41) is 15.2. The van der Waals surface area contributed by atoms with Crippen LogP contribution in [0.2, 0.25) is 0 Å². The molecule has 2 amide bonds. The van der Waals surface area contributed by atoms with Crippen molar-refractivity contribution in [1.82, 2.24) is 4.98 Å². The van der Waals surface area contributed by atoms with Crippen LogP contribution in [0.5, 0.6) is 0 Å². The lowest BCUT2D eigenvalue weighted by molar-refractivity contribution is -0.142. The van der Waals surface area contributed by atoms with E-state index >= 15 is 0 Å². The summed E-state index contributed by atoms with van der Waals surface area (Å²) in [7, 11) is 0. The second-order valence-corrected chi connectivity index (χ2v) is 8.83. The van der Waals surface area contributed by atoms with Gasteiger partial charge in [-0.25, -0.2) is 18.6 Å². The van der Waals surface area contributed by atoms with Gasteiger partial charge in [0, 0.05) is 29.6 Å². The first kappa shape index (κ1) is 21.9. The van der Waals surface area contributed by atoms with Crippen LogP contribution in [0.25, 0.3) is 10.4 Å². The Labute approximate surface area is 187 Å². The zero-order valence-electron chi connectivity index (χ0n) is 17.0. The average molecular weight is 458 g/mol. The molecule has 0 unspecified atom stereocenters. The molecule has 166 valence electrons. The van der Waals surface area contributed by atoms with Crippen molar-refractivity contribution in [1.29, 1.82) is 0 Å². The number of nitrogens with one attached hydrogen (secondary N) is 2. The van der Waals surface area contributed by atoms with E-state index in [0.29, 0.717) is 24.4 Å². The van der Waals surface area contributed by atoms with E-state index in [9.17, 15) is 18.4 Å². The zero-order chi connectivity index (χ0) is 22.7. The Morgan fingerprint density at radius 3 is 2.19 bits per heavy atom. The number of thiazole rings is 1. The van der Waals surface area contributed by atoms with Crippen molar-refractivity contribution in [2.24, 2.45) is 5.92 Å². The molecule has 6 nitrogen and oxygen atoms in total. The van der Waals surface area contributed by atoms with Gasteiger partial charge in [0.1, 0.15) is 11.6 Å². The second-order valence-electron chi connectivity index (χ2n) is 7.76. The van der Waals surface area contributed by atoms with Crippen LogP contribution >= 0.6 is 11.3 Å². The van der Waals surface area contributed by atoms with E-state index in [-0.39, 0.29) is 11.6 Å². The molecule has 3 N–H and O–H groups in total. The Balaban J connectivity index is 1.36. The first-order chi connectivity index (χ1) is 15.4. The molecule has 1 aliphatic carbocycles. The van der Waals surface area contributed by atoms with Crippen LogP contribution in [0.15, 0.2) is 48.7 Å². The molecule has 32 heavy (non-hydrogen) atoms. The largest absolute Gasteiger partial charge is 0.481 e. The molecule has 0 radical (unpaired) electrons. The molecule has 0 atom stereocenters.